The molecule has 1 heterocycles. The molecule has 0 saturated heterocycles. The highest BCUT2D eigenvalue weighted by molar-refractivity contribution is 5.92. The Morgan fingerprint density at radius 3 is 2.85 bits per heavy atom. The van der Waals surface area contributed by atoms with E-state index >= 15 is 0 Å². The van der Waals surface area contributed by atoms with Crippen LogP contribution >= 0.6 is 0 Å². The van der Waals surface area contributed by atoms with Crippen molar-refractivity contribution in [1.82, 2.24) is 20.1 Å². The Morgan fingerprint density at radius 1 is 1.22 bits per heavy atom. The molecule has 0 atom stereocenters. The fraction of sp³-hybridized carbons (Fsp3) is 0.190. The van der Waals surface area contributed by atoms with Gasteiger partial charge in [0, 0.05) is 18.2 Å². The van der Waals surface area contributed by atoms with Gasteiger partial charge in [-0.05, 0) is 36.3 Å². The first-order chi connectivity index (χ1) is 13.1. The van der Waals surface area contributed by atoms with Crippen molar-refractivity contribution in [3.63, 3.8) is 0 Å². The summed E-state index contributed by atoms with van der Waals surface area (Å²) in [5, 5.41) is 7.01. The van der Waals surface area contributed by atoms with Crippen molar-refractivity contribution < 1.29 is 9.53 Å². The number of hydrogen-bond acceptors (Lipinski definition) is 4. The van der Waals surface area contributed by atoms with Crippen molar-refractivity contribution in [2.24, 2.45) is 0 Å². The third-order valence-electron chi connectivity index (χ3n) is 4.07. The SMILES string of the molecule is COc1ccc(C)cc1/C=C/C(=O)NCc1cccc(Cn2cncn2)c1. The van der Waals surface area contributed by atoms with Crippen LogP contribution in [0.2, 0.25) is 0 Å². The fourth-order valence-corrected chi connectivity index (χ4v) is 2.74. The first-order valence-corrected chi connectivity index (χ1v) is 8.65. The second-order valence-electron chi connectivity index (χ2n) is 6.21. The van der Waals surface area contributed by atoms with Gasteiger partial charge in [0.15, 0.2) is 0 Å². The van der Waals surface area contributed by atoms with Crippen molar-refractivity contribution in [3.05, 3.63) is 83.4 Å². The number of carbonyl (C=O) groups is 1. The molecule has 0 bridgehead atoms. The zero-order valence-electron chi connectivity index (χ0n) is 15.4. The molecule has 1 N–H and O–H groups in total. The second-order valence-corrected chi connectivity index (χ2v) is 6.21. The highest BCUT2D eigenvalue weighted by Gasteiger charge is 2.03. The highest BCUT2D eigenvalue weighted by Crippen LogP contribution is 2.20. The minimum Gasteiger partial charge on any atom is -0.496 e. The van der Waals surface area contributed by atoms with Crippen molar-refractivity contribution in [1.29, 1.82) is 0 Å². The second kappa shape index (κ2) is 8.80. The minimum absolute atomic E-state index is 0.153. The van der Waals surface area contributed by atoms with E-state index in [9.17, 15) is 4.79 Å². The van der Waals surface area contributed by atoms with Gasteiger partial charge in [-0.15, -0.1) is 0 Å². The Bertz CT molecular complexity index is 933. The lowest BCUT2D eigenvalue weighted by Crippen LogP contribution is -2.20. The molecule has 0 unspecified atom stereocenters. The Hall–Kier alpha value is -3.41. The number of aromatic nitrogens is 3. The van der Waals surface area contributed by atoms with Gasteiger partial charge >= 0.3 is 0 Å². The Kier molecular flexibility index (Phi) is 5.99. The van der Waals surface area contributed by atoms with Crippen LogP contribution in [-0.4, -0.2) is 27.8 Å². The summed E-state index contributed by atoms with van der Waals surface area (Å²) in [6, 6.07) is 13.9. The third-order valence-corrected chi connectivity index (χ3v) is 4.07. The molecule has 0 saturated carbocycles. The number of hydrogen-bond donors (Lipinski definition) is 1. The van der Waals surface area contributed by atoms with E-state index in [1.165, 1.54) is 12.4 Å². The minimum atomic E-state index is -0.153. The van der Waals surface area contributed by atoms with Gasteiger partial charge in [0.1, 0.15) is 18.4 Å². The zero-order chi connectivity index (χ0) is 19.1. The number of aryl methyl sites for hydroxylation is 1. The Labute approximate surface area is 158 Å². The predicted molar refractivity (Wildman–Crippen MR) is 104 cm³/mol. The number of nitrogens with one attached hydrogen (secondary N) is 1. The standard InChI is InChI=1S/C21H22N4O2/c1-16-6-8-20(27-2)19(10-16)7-9-21(26)23-12-17-4-3-5-18(11-17)13-25-15-22-14-24-25/h3-11,14-15H,12-13H2,1-2H3,(H,23,26)/b9-7+. The molecular formula is C21H22N4O2. The summed E-state index contributed by atoms with van der Waals surface area (Å²) in [6.45, 7) is 3.11. The number of benzene rings is 2. The van der Waals surface area contributed by atoms with Crippen LogP contribution in [0.25, 0.3) is 6.08 Å². The number of ether oxygens (including phenoxy) is 1. The van der Waals surface area contributed by atoms with Crippen molar-refractivity contribution >= 4 is 12.0 Å². The lowest BCUT2D eigenvalue weighted by molar-refractivity contribution is -0.116. The van der Waals surface area contributed by atoms with Gasteiger partial charge in [0.2, 0.25) is 5.91 Å². The average molecular weight is 362 g/mol. The van der Waals surface area contributed by atoms with Crippen LogP contribution in [0.3, 0.4) is 0 Å². The molecule has 0 fully saturated rings. The van der Waals surface area contributed by atoms with Crippen LogP contribution in [-0.2, 0) is 17.9 Å². The first-order valence-electron chi connectivity index (χ1n) is 8.65. The maximum atomic E-state index is 12.2. The molecule has 0 aliphatic heterocycles. The van der Waals surface area contributed by atoms with E-state index in [-0.39, 0.29) is 5.91 Å². The molecule has 0 aliphatic rings. The topological polar surface area (TPSA) is 69.0 Å². The molecule has 3 rings (SSSR count). The molecule has 6 nitrogen and oxygen atoms in total. The van der Waals surface area contributed by atoms with Gasteiger partial charge in [-0.25, -0.2) is 9.67 Å². The summed E-state index contributed by atoms with van der Waals surface area (Å²) in [4.78, 5) is 16.1. The Balaban J connectivity index is 1.58. The number of amides is 1. The lowest BCUT2D eigenvalue weighted by Gasteiger charge is -2.07. The lowest BCUT2D eigenvalue weighted by atomic mass is 10.1. The number of nitrogens with zero attached hydrogens (tertiary/aromatic N) is 3. The van der Waals surface area contributed by atoms with Gasteiger partial charge in [0.05, 0.1) is 13.7 Å². The maximum absolute atomic E-state index is 12.2. The largest absolute Gasteiger partial charge is 0.496 e. The smallest absolute Gasteiger partial charge is 0.244 e. The van der Waals surface area contributed by atoms with E-state index in [0.717, 1.165) is 28.0 Å². The molecule has 138 valence electrons. The monoisotopic (exact) mass is 362 g/mol. The van der Waals surface area contributed by atoms with Gasteiger partial charge in [0.25, 0.3) is 0 Å². The van der Waals surface area contributed by atoms with E-state index in [1.807, 2.05) is 43.3 Å². The molecule has 0 spiro atoms. The quantitative estimate of drug-likeness (QED) is 0.656. The van der Waals surface area contributed by atoms with Crippen molar-refractivity contribution in [2.75, 3.05) is 7.11 Å². The molecule has 0 aliphatic carbocycles. The molecule has 1 amide bonds. The molecule has 6 heteroatoms. The Morgan fingerprint density at radius 2 is 2.07 bits per heavy atom. The van der Waals surface area contributed by atoms with E-state index in [0.29, 0.717) is 13.1 Å². The molecular weight excluding hydrogens is 340 g/mol. The van der Waals surface area contributed by atoms with Gasteiger partial charge < -0.3 is 10.1 Å². The van der Waals surface area contributed by atoms with E-state index in [4.69, 9.17) is 4.74 Å². The molecule has 27 heavy (non-hydrogen) atoms. The summed E-state index contributed by atoms with van der Waals surface area (Å²) >= 11 is 0. The fourth-order valence-electron chi connectivity index (χ4n) is 2.74. The summed E-state index contributed by atoms with van der Waals surface area (Å²) in [7, 11) is 1.62. The summed E-state index contributed by atoms with van der Waals surface area (Å²) < 4.78 is 7.08. The molecule has 2 aromatic carbocycles. The van der Waals surface area contributed by atoms with Crippen LogP contribution in [0.1, 0.15) is 22.3 Å². The van der Waals surface area contributed by atoms with E-state index in [2.05, 4.69) is 21.5 Å². The van der Waals surface area contributed by atoms with Crippen LogP contribution in [0, 0.1) is 6.92 Å². The number of rotatable bonds is 7. The predicted octanol–water partition coefficient (Wildman–Crippen LogP) is 2.97. The van der Waals surface area contributed by atoms with Crippen LogP contribution in [0.4, 0.5) is 0 Å². The van der Waals surface area contributed by atoms with Crippen LogP contribution in [0.15, 0.2) is 61.2 Å². The zero-order valence-corrected chi connectivity index (χ0v) is 15.4. The molecule has 0 radical (unpaired) electrons. The summed E-state index contributed by atoms with van der Waals surface area (Å²) in [5.74, 6) is 0.589. The van der Waals surface area contributed by atoms with Gasteiger partial charge in [-0.2, -0.15) is 5.10 Å². The van der Waals surface area contributed by atoms with Gasteiger partial charge in [-0.1, -0.05) is 35.9 Å². The first kappa shape index (κ1) is 18.4. The summed E-state index contributed by atoms with van der Waals surface area (Å²) in [5.41, 5.74) is 4.12. The van der Waals surface area contributed by atoms with E-state index < -0.39 is 0 Å². The number of methoxy groups -OCH3 is 1. The molecule has 3 aromatic rings. The summed E-state index contributed by atoms with van der Waals surface area (Å²) in [6.07, 6.45) is 6.48. The van der Waals surface area contributed by atoms with Crippen molar-refractivity contribution in [3.8, 4) is 5.75 Å². The van der Waals surface area contributed by atoms with Crippen LogP contribution in [0.5, 0.6) is 5.75 Å². The maximum Gasteiger partial charge on any atom is 0.244 e. The van der Waals surface area contributed by atoms with Crippen molar-refractivity contribution in [2.45, 2.75) is 20.0 Å². The van der Waals surface area contributed by atoms with Crippen LogP contribution < -0.4 is 10.1 Å². The molecule has 1 aromatic heterocycles. The highest BCUT2D eigenvalue weighted by atomic mass is 16.5. The number of carbonyl (C=O) groups excluding carboxylic acids is 1. The van der Waals surface area contributed by atoms with Gasteiger partial charge in [-0.3, -0.25) is 4.79 Å². The van der Waals surface area contributed by atoms with E-state index in [1.54, 1.807) is 24.2 Å². The normalized spacial score (nSPS) is 10.9. The third kappa shape index (κ3) is 5.28. The average Bonchev–Trinajstić information content (AvgIpc) is 3.18.